The first kappa shape index (κ1) is 7.28. The van der Waals surface area contributed by atoms with E-state index in [1.807, 2.05) is 0 Å². The van der Waals surface area contributed by atoms with E-state index in [0.29, 0.717) is 0 Å². The van der Waals surface area contributed by atoms with Crippen molar-refractivity contribution in [3.05, 3.63) is 12.2 Å². The number of carboxylic acid groups (broad SMARTS) is 1. The second-order valence-electron chi connectivity index (χ2n) is 2.25. The average molecular weight is 142 g/mol. The highest BCUT2D eigenvalue weighted by Gasteiger charge is 2.11. The van der Waals surface area contributed by atoms with Crippen LogP contribution in [0.1, 0.15) is 12.8 Å². The van der Waals surface area contributed by atoms with Crippen molar-refractivity contribution in [3.8, 4) is 0 Å². The van der Waals surface area contributed by atoms with Gasteiger partial charge in [0.15, 0.2) is 0 Å². The third-order valence-electron chi connectivity index (χ3n) is 1.42. The fraction of sp³-hybridized carbons (Fsp3) is 0.571. The summed E-state index contributed by atoms with van der Waals surface area (Å²) in [5.41, 5.74) is 0. The monoisotopic (exact) mass is 142 g/mol. The van der Waals surface area contributed by atoms with Crippen LogP contribution >= 0.6 is 0 Å². The number of carbonyl (C=O) groups is 1. The Bertz CT molecular complexity index is 145. The molecule has 1 heterocycles. The highest BCUT2D eigenvalue weighted by molar-refractivity contribution is 5.79. The number of aliphatic carboxylic acids is 1. The number of rotatable bonds is 2. The minimum Gasteiger partial charge on any atom is -0.478 e. The molecule has 0 aromatic heterocycles. The van der Waals surface area contributed by atoms with Gasteiger partial charge in [-0.05, 0) is 18.9 Å². The van der Waals surface area contributed by atoms with E-state index in [9.17, 15) is 4.79 Å². The zero-order valence-electron chi connectivity index (χ0n) is 5.62. The van der Waals surface area contributed by atoms with E-state index in [1.54, 1.807) is 6.08 Å². The van der Waals surface area contributed by atoms with Crippen LogP contribution in [0.5, 0.6) is 0 Å². The van der Waals surface area contributed by atoms with E-state index in [2.05, 4.69) is 0 Å². The molecule has 0 aliphatic carbocycles. The van der Waals surface area contributed by atoms with Crippen LogP contribution in [0.2, 0.25) is 0 Å². The minimum absolute atomic E-state index is 0.0381. The van der Waals surface area contributed by atoms with Crippen LogP contribution in [0, 0.1) is 0 Å². The van der Waals surface area contributed by atoms with Crippen LogP contribution in [0.3, 0.4) is 0 Å². The van der Waals surface area contributed by atoms with E-state index >= 15 is 0 Å². The third kappa shape index (κ3) is 2.19. The summed E-state index contributed by atoms with van der Waals surface area (Å²) < 4.78 is 5.15. The predicted molar refractivity (Wildman–Crippen MR) is 35.7 cm³/mol. The Morgan fingerprint density at radius 2 is 2.50 bits per heavy atom. The fourth-order valence-electron chi connectivity index (χ4n) is 0.944. The third-order valence-corrected chi connectivity index (χ3v) is 1.42. The Kier molecular flexibility index (Phi) is 2.45. The van der Waals surface area contributed by atoms with Crippen molar-refractivity contribution in [1.29, 1.82) is 0 Å². The summed E-state index contributed by atoms with van der Waals surface area (Å²) in [4.78, 5) is 10.0. The van der Waals surface area contributed by atoms with Crippen LogP contribution < -0.4 is 0 Å². The second kappa shape index (κ2) is 3.37. The first-order valence-corrected chi connectivity index (χ1v) is 3.32. The molecule has 0 bridgehead atoms. The molecule has 0 spiro atoms. The Labute approximate surface area is 59.3 Å². The molecule has 0 aromatic rings. The van der Waals surface area contributed by atoms with Gasteiger partial charge in [0.2, 0.25) is 0 Å². The molecular formula is C7H10O3. The lowest BCUT2D eigenvalue weighted by Gasteiger charge is -1.98. The molecule has 1 aliphatic heterocycles. The van der Waals surface area contributed by atoms with Crippen LogP contribution in [0.25, 0.3) is 0 Å². The van der Waals surface area contributed by atoms with E-state index in [0.717, 1.165) is 25.5 Å². The van der Waals surface area contributed by atoms with Crippen LogP contribution in [-0.2, 0) is 9.53 Å². The highest BCUT2D eigenvalue weighted by atomic mass is 16.5. The smallest absolute Gasteiger partial charge is 0.328 e. The van der Waals surface area contributed by atoms with Crippen LogP contribution in [-0.4, -0.2) is 23.8 Å². The molecule has 56 valence electrons. The van der Waals surface area contributed by atoms with Crippen LogP contribution in [0.4, 0.5) is 0 Å². The summed E-state index contributed by atoms with van der Waals surface area (Å²) in [6.07, 6.45) is 4.75. The van der Waals surface area contributed by atoms with Gasteiger partial charge in [0.05, 0.1) is 6.10 Å². The molecule has 0 radical (unpaired) electrons. The predicted octanol–water partition coefficient (Wildman–Crippen LogP) is 0.806. The van der Waals surface area contributed by atoms with Gasteiger partial charge < -0.3 is 9.84 Å². The van der Waals surface area contributed by atoms with Gasteiger partial charge in [0.1, 0.15) is 0 Å². The lowest BCUT2D eigenvalue weighted by atomic mass is 10.2. The number of carboxylic acids is 1. The van der Waals surface area contributed by atoms with Crippen LogP contribution in [0.15, 0.2) is 12.2 Å². The van der Waals surface area contributed by atoms with E-state index in [1.165, 1.54) is 0 Å². The molecule has 1 fully saturated rings. The van der Waals surface area contributed by atoms with Crippen molar-refractivity contribution >= 4 is 5.97 Å². The SMILES string of the molecule is O=C(O)/C=C/[C@H]1CCCO1. The summed E-state index contributed by atoms with van der Waals surface area (Å²) in [6, 6.07) is 0. The zero-order chi connectivity index (χ0) is 7.40. The van der Waals surface area contributed by atoms with Crippen molar-refractivity contribution < 1.29 is 14.6 Å². The minimum atomic E-state index is -0.907. The first-order valence-electron chi connectivity index (χ1n) is 3.32. The van der Waals surface area contributed by atoms with Crippen molar-refractivity contribution in [2.75, 3.05) is 6.61 Å². The zero-order valence-corrected chi connectivity index (χ0v) is 5.62. The molecule has 0 aromatic carbocycles. The molecule has 0 amide bonds. The molecule has 0 unspecified atom stereocenters. The van der Waals surface area contributed by atoms with Crippen molar-refractivity contribution in [3.63, 3.8) is 0 Å². The fourth-order valence-corrected chi connectivity index (χ4v) is 0.944. The Balaban J connectivity index is 2.29. The molecule has 1 atom stereocenters. The van der Waals surface area contributed by atoms with E-state index in [4.69, 9.17) is 9.84 Å². The largest absolute Gasteiger partial charge is 0.478 e. The van der Waals surface area contributed by atoms with Crippen molar-refractivity contribution in [2.45, 2.75) is 18.9 Å². The van der Waals surface area contributed by atoms with Gasteiger partial charge >= 0.3 is 5.97 Å². The van der Waals surface area contributed by atoms with Crippen molar-refractivity contribution in [2.24, 2.45) is 0 Å². The van der Waals surface area contributed by atoms with E-state index in [-0.39, 0.29) is 6.10 Å². The topological polar surface area (TPSA) is 46.5 Å². The van der Waals surface area contributed by atoms with Gasteiger partial charge in [-0.15, -0.1) is 0 Å². The molecule has 3 heteroatoms. The van der Waals surface area contributed by atoms with Gasteiger partial charge in [0, 0.05) is 12.7 Å². The lowest BCUT2D eigenvalue weighted by molar-refractivity contribution is -0.131. The lowest BCUT2D eigenvalue weighted by Crippen LogP contribution is -2.00. The molecule has 10 heavy (non-hydrogen) atoms. The normalized spacial score (nSPS) is 25.8. The van der Waals surface area contributed by atoms with Crippen molar-refractivity contribution in [1.82, 2.24) is 0 Å². The molecule has 1 aliphatic rings. The van der Waals surface area contributed by atoms with Gasteiger partial charge in [-0.25, -0.2) is 4.79 Å². The molecule has 0 saturated carbocycles. The second-order valence-corrected chi connectivity index (χ2v) is 2.25. The summed E-state index contributed by atoms with van der Waals surface area (Å²) in [7, 11) is 0. The Hall–Kier alpha value is -0.830. The maximum atomic E-state index is 10.0. The maximum Gasteiger partial charge on any atom is 0.328 e. The Morgan fingerprint density at radius 3 is 3.00 bits per heavy atom. The average Bonchev–Trinajstić information content (AvgIpc) is 2.34. The quantitative estimate of drug-likeness (QED) is 0.580. The molecule has 1 N–H and O–H groups in total. The first-order chi connectivity index (χ1) is 4.79. The number of hydrogen-bond donors (Lipinski definition) is 1. The van der Waals surface area contributed by atoms with Gasteiger partial charge in [-0.1, -0.05) is 0 Å². The summed E-state index contributed by atoms with van der Waals surface area (Å²) in [6.45, 7) is 0.759. The molecular weight excluding hydrogens is 132 g/mol. The summed E-state index contributed by atoms with van der Waals surface area (Å²) in [5, 5.41) is 8.23. The number of hydrogen-bond acceptors (Lipinski definition) is 2. The molecule has 1 saturated heterocycles. The van der Waals surface area contributed by atoms with Gasteiger partial charge in [-0.3, -0.25) is 0 Å². The van der Waals surface area contributed by atoms with Gasteiger partial charge in [0.25, 0.3) is 0 Å². The number of ether oxygens (including phenoxy) is 1. The highest BCUT2D eigenvalue weighted by Crippen LogP contribution is 2.12. The summed E-state index contributed by atoms with van der Waals surface area (Å²) in [5.74, 6) is -0.907. The van der Waals surface area contributed by atoms with E-state index < -0.39 is 5.97 Å². The Morgan fingerprint density at radius 1 is 1.70 bits per heavy atom. The standard InChI is InChI=1S/C7H10O3/c8-7(9)4-3-6-2-1-5-10-6/h3-4,6H,1-2,5H2,(H,8,9)/b4-3+/t6-/m1/s1. The summed E-state index contributed by atoms with van der Waals surface area (Å²) >= 11 is 0. The molecule has 1 rings (SSSR count). The molecule has 3 nitrogen and oxygen atoms in total. The maximum absolute atomic E-state index is 10.0. The van der Waals surface area contributed by atoms with Gasteiger partial charge in [-0.2, -0.15) is 0 Å².